The van der Waals surface area contributed by atoms with Crippen molar-refractivity contribution in [3.8, 4) is 11.5 Å². The highest BCUT2D eigenvalue weighted by Gasteiger charge is 2.29. The topological polar surface area (TPSA) is 60.7 Å². The van der Waals surface area contributed by atoms with E-state index >= 15 is 0 Å². The zero-order valence-corrected chi connectivity index (χ0v) is 14.7. The summed E-state index contributed by atoms with van der Waals surface area (Å²) in [6, 6.07) is 10.5. The highest BCUT2D eigenvalue weighted by atomic mass is 19.4. The monoisotopic (exact) mass is 380 g/mol. The van der Waals surface area contributed by atoms with Gasteiger partial charge in [-0.15, -0.1) is 10.2 Å². The van der Waals surface area contributed by atoms with E-state index < -0.39 is 12.8 Å². The van der Waals surface area contributed by atoms with Crippen LogP contribution in [0.4, 0.5) is 13.2 Å². The number of alkyl halides is 3. The van der Waals surface area contributed by atoms with Crippen LogP contribution in [0.25, 0.3) is 5.65 Å². The lowest BCUT2D eigenvalue weighted by Gasteiger charge is -2.14. The third-order valence-corrected chi connectivity index (χ3v) is 3.70. The lowest BCUT2D eigenvalue weighted by Crippen LogP contribution is -2.19. The van der Waals surface area contributed by atoms with Gasteiger partial charge in [-0.1, -0.05) is 12.1 Å². The lowest BCUT2D eigenvalue weighted by molar-refractivity contribution is -0.153. The summed E-state index contributed by atoms with van der Waals surface area (Å²) in [5, 5.41) is 11.5. The Bertz CT molecular complexity index is 896. The van der Waals surface area contributed by atoms with Gasteiger partial charge in [0, 0.05) is 12.7 Å². The first-order valence-corrected chi connectivity index (χ1v) is 8.41. The molecular formula is C18H19F3N4O2. The number of rotatable bonds is 8. The van der Waals surface area contributed by atoms with Crippen LogP contribution in [0.3, 0.4) is 0 Å². The smallest absolute Gasteiger partial charge is 0.422 e. The molecule has 1 N–H and O–H groups in total. The molecule has 0 spiro atoms. The fourth-order valence-electron chi connectivity index (χ4n) is 2.54. The second-order valence-electron chi connectivity index (χ2n) is 5.77. The number of nitrogens with zero attached hydrogens (tertiary/aromatic N) is 3. The van der Waals surface area contributed by atoms with Gasteiger partial charge >= 0.3 is 6.18 Å². The average molecular weight is 380 g/mol. The van der Waals surface area contributed by atoms with E-state index in [1.165, 1.54) is 6.07 Å². The minimum absolute atomic E-state index is 0.0707. The minimum atomic E-state index is -4.40. The number of hydrogen-bond acceptors (Lipinski definition) is 5. The number of halogens is 3. The molecule has 1 aromatic carbocycles. The van der Waals surface area contributed by atoms with Crippen LogP contribution in [0.1, 0.15) is 18.3 Å². The summed E-state index contributed by atoms with van der Waals surface area (Å²) >= 11 is 0. The summed E-state index contributed by atoms with van der Waals surface area (Å²) in [5.74, 6) is 1.12. The molecule has 3 aromatic rings. The molecule has 3 rings (SSSR count). The fourth-order valence-corrected chi connectivity index (χ4v) is 2.54. The molecule has 6 nitrogen and oxygen atoms in total. The van der Waals surface area contributed by atoms with Crippen molar-refractivity contribution in [2.24, 2.45) is 0 Å². The molecule has 0 aliphatic rings. The van der Waals surface area contributed by atoms with Crippen LogP contribution in [-0.2, 0) is 13.1 Å². The Hall–Kier alpha value is -2.81. The summed E-state index contributed by atoms with van der Waals surface area (Å²) in [6.07, 6.45) is -2.52. The molecule has 0 bridgehead atoms. The van der Waals surface area contributed by atoms with Gasteiger partial charge in [-0.05, 0) is 36.8 Å². The molecule has 0 aliphatic carbocycles. The van der Waals surface area contributed by atoms with Crippen LogP contribution < -0.4 is 14.8 Å². The first-order chi connectivity index (χ1) is 13.0. The molecule has 0 aliphatic heterocycles. The van der Waals surface area contributed by atoms with Crippen LogP contribution in [0.15, 0.2) is 42.6 Å². The summed E-state index contributed by atoms with van der Waals surface area (Å²) < 4.78 is 49.2. The van der Waals surface area contributed by atoms with Crippen LogP contribution in [0.2, 0.25) is 0 Å². The third kappa shape index (κ3) is 5.10. The van der Waals surface area contributed by atoms with Gasteiger partial charge < -0.3 is 14.8 Å². The Labute approximate surface area is 153 Å². The second-order valence-corrected chi connectivity index (χ2v) is 5.77. The molecule has 0 amide bonds. The number of nitrogens with one attached hydrogen (secondary N) is 1. The van der Waals surface area contributed by atoms with Gasteiger partial charge in [0.05, 0.1) is 13.2 Å². The Balaban J connectivity index is 1.63. The van der Waals surface area contributed by atoms with E-state index in [2.05, 4.69) is 15.5 Å². The number of aromatic nitrogens is 3. The molecule has 2 aromatic heterocycles. The van der Waals surface area contributed by atoms with Gasteiger partial charge in [-0.3, -0.25) is 4.40 Å². The molecule has 0 fully saturated rings. The zero-order valence-electron chi connectivity index (χ0n) is 14.7. The van der Waals surface area contributed by atoms with Crippen molar-refractivity contribution in [1.82, 2.24) is 19.9 Å². The molecule has 144 valence electrons. The van der Waals surface area contributed by atoms with Gasteiger partial charge in [0.25, 0.3) is 0 Å². The summed E-state index contributed by atoms with van der Waals surface area (Å²) in [5.41, 5.74) is 1.62. The van der Waals surface area contributed by atoms with E-state index in [1.807, 2.05) is 28.8 Å². The summed E-state index contributed by atoms with van der Waals surface area (Å²) in [4.78, 5) is 0. The highest BCUT2D eigenvalue weighted by Crippen LogP contribution is 2.30. The number of pyridine rings is 1. The lowest BCUT2D eigenvalue weighted by atomic mass is 10.2. The summed E-state index contributed by atoms with van der Waals surface area (Å²) in [6.45, 7) is 1.70. The van der Waals surface area contributed by atoms with Crippen LogP contribution in [0.5, 0.6) is 11.5 Å². The predicted molar refractivity (Wildman–Crippen MR) is 92.7 cm³/mol. The van der Waals surface area contributed by atoms with Crippen LogP contribution in [-0.4, -0.2) is 34.0 Å². The van der Waals surface area contributed by atoms with E-state index in [9.17, 15) is 13.2 Å². The normalized spacial score (nSPS) is 11.7. The maximum Gasteiger partial charge on any atom is 0.422 e. The third-order valence-electron chi connectivity index (χ3n) is 3.70. The van der Waals surface area contributed by atoms with Crippen molar-refractivity contribution >= 4 is 5.65 Å². The first-order valence-electron chi connectivity index (χ1n) is 8.41. The molecule has 0 unspecified atom stereocenters. The van der Waals surface area contributed by atoms with Crippen LogP contribution in [0, 0.1) is 0 Å². The number of hydrogen-bond donors (Lipinski definition) is 1. The standard InChI is InChI=1S/C18H19F3N4O2/c1-2-26-15-9-13(6-7-14(15)27-12-18(19,20)21)10-22-11-17-24-23-16-5-3-4-8-25(16)17/h3-9,22H,2,10-12H2,1H3. The molecule has 2 heterocycles. The SMILES string of the molecule is CCOc1cc(CNCc2nnc3ccccn23)ccc1OCC(F)(F)F. The van der Waals surface area contributed by atoms with Crippen molar-refractivity contribution < 1.29 is 22.6 Å². The minimum Gasteiger partial charge on any atom is -0.490 e. The Morgan fingerprint density at radius 1 is 1.04 bits per heavy atom. The van der Waals surface area contributed by atoms with E-state index in [1.54, 1.807) is 19.1 Å². The fraction of sp³-hybridized carbons (Fsp3) is 0.333. The number of benzene rings is 1. The molecule has 0 saturated heterocycles. The molecule has 0 radical (unpaired) electrons. The molecule has 0 saturated carbocycles. The Kier molecular flexibility index (Phi) is 5.80. The number of ether oxygens (including phenoxy) is 2. The second kappa shape index (κ2) is 8.26. The van der Waals surface area contributed by atoms with Crippen molar-refractivity contribution in [1.29, 1.82) is 0 Å². The van der Waals surface area contributed by atoms with Crippen LogP contribution >= 0.6 is 0 Å². The largest absolute Gasteiger partial charge is 0.490 e. The number of fused-ring (bicyclic) bond motifs is 1. The summed E-state index contributed by atoms with van der Waals surface area (Å²) in [7, 11) is 0. The maximum atomic E-state index is 12.4. The Morgan fingerprint density at radius 3 is 2.67 bits per heavy atom. The van der Waals surface area contributed by atoms with Crippen molar-refractivity contribution in [3.05, 3.63) is 54.0 Å². The van der Waals surface area contributed by atoms with Gasteiger partial charge in [-0.2, -0.15) is 13.2 Å². The van der Waals surface area contributed by atoms with E-state index in [4.69, 9.17) is 9.47 Å². The van der Waals surface area contributed by atoms with E-state index in [0.717, 1.165) is 17.0 Å². The van der Waals surface area contributed by atoms with Gasteiger partial charge in [0.15, 0.2) is 29.6 Å². The Morgan fingerprint density at radius 2 is 1.89 bits per heavy atom. The molecular weight excluding hydrogens is 361 g/mol. The van der Waals surface area contributed by atoms with Crippen molar-refractivity contribution in [2.75, 3.05) is 13.2 Å². The average Bonchev–Trinajstić information content (AvgIpc) is 3.04. The van der Waals surface area contributed by atoms with Gasteiger partial charge in [0.1, 0.15) is 0 Å². The maximum absolute atomic E-state index is 12.4. The molecule has 27 heavy (non-hydrogen) atoms. The highest BCUT2D eigenvalue weighted by molar-refractivity contribution is 5.43. The zero-order chi connectivity index (χ0) is 19.3. The van der Waals surface area contributed by atoms with Crippen molar-refractivity contribution in [3.63, 3.8) is 0 Å². The van der Waals surface area contributed by atoms with E-state index in [0.29, 0.717) is 19.7 Å². The van der Waals surface area contributed by atoms with Gasteiger partial charge in [-0.25, -0.2) is 0 Å². The predicted octanol–water partition coefficient (Wildman–Crippen LogP) is 3.36. The first kappa shape index (κ1) is 19.0. The quantitative estimate of drug-likeness (QED) is 0.649. The van der Waals surface area contributed by atoms with E-state index in [-0.39, 0.29) is 11.5 Å². The van der Waals surface area contributed by atoms with Gasteiger partial charge in [0.2, 0.25) is 0 Å². The molecule has 0 atom stereocenters. The molecule has 9 heteroatoms. The van der Waals surface area contributed by atoms with Crippen molar-refractivity contribution in [2.45, 2.75) is 26.2 Å².